The van der Waals surface area contributed by atoms with Crippen molar-refractivity contribution in [3.63, 3.8) is 0 Å². The third-order valence-corrected chi connectivity index (χ3v) is 2.51. The van der Waals surface area contributed by atoms with Gasteiger partial charge in [0.15, 0.2) is 0 Å². The molecule has 0 unspecified atom stereocenters. The normalized spacial score (nSPS) is 10.7. The zero-order valence-electron chi connectivity index (χ0n) is 9.59. The molecule has 1 heterocycles. The number of methoxy groups -OCH3 is 1. The highest BCUT2D eigenvalue weighted by Crippen LogP contribution is 2.19. The Morgan fingerprint density at radius 2 is 2.29 bits per heavy atom. The number of nitrogens with two attached hydrogens (primary N) is 1. The van der Waals surface area contributed by atoms with E-state index >= 15 is 0 Å². The van der Waals surface area contributed by atoms with E-state index in [0.29, 0.717) is 36.2 Å². The highest BCUT2D eigenvalue weighted by Gasteiger charge is 2.08. The summed E-state index contributed by atoms with van der Waals surface area (Å²) in [6.07, 6.45) is 0.698. The molecule has 0 saturated carbocycles. The number of nitrogens with zero attached hydrogens (tertiary/aromatic N) is 3. The Bertz CT molecular complexity index is 579. The summed E-state index contributed by atoms with van der Waals surface area (Å²) in [5.74, 6) is 0.554. The zero-order valence-corrected chi connectivity index (χ0v) is 9.59. The van der Waals surface area contributed by atoms with Crippen LogP contribution in [0, 0.1) is 0 Å². The van der Waals surface area contributed by atoms with Crippen LogP contribution in [0.1, 0.15) is 6.42 Å². The maximum atomic E-state index is 12.1. The minimum Gasteiger partial charge on any atom is -0.494 e. The van der Waals surface area contributed by atoms with Crippen molar-refractivity contribution in [1.29, 1.82) is 0 Å². The molecule has 6 heteroatoms. The summed E-state index contributed by atoms with van der Waals surface area (Å²) in [7, 11) is 1.54. The summed E-state index contributed by atoms with van der Waals surface area (Å²) in [4.78, 5) is 12.1. The Labute approximate surface area is 98.0 Å². The summed E-state index contributed by atoms with van der Waals surface area (Å²) in [6.45, 7) is 1.000. The van der Waals surface area contributed by atoms with Crippen LogP contribution in [0.15, 0.2) is 23.0 Å². The molecule has 2 N–H and O–H groups in total. The van der Waals surface area contributed by atoms with Gasteiger partial charge in [-0.15, -0.1) is 5.10 Å². The van der Waals surface area contributed by atoms with E-state index in [1.807, 2.05) is 0 Å². The van der Waals surface area contributed by atoms with Crippen molar-refractivity contribution in [3.8, 4) is 5.75 Å². The van der Waals surface area contributed by atoms with Crippen molar-refractivity contribution >= 4 is 10.9 Å². The first kappa shape index (κ1) is 11.5. The minimum atomic E-state index is -0.164. The fraction of sp³-hybridized carbons (Fsp3) is 0.364. The quantitative estimate of drug-likeness (QED) is 0.814. The molecule has 0 atom stereocenters. The molecule has 0 aliphatic rings. The second-order valence-corrected chi connectivity index (χ2v) is 3.62. The van der Waals surface area contributed by atoms with Crippen molar-refractivity contribution in [3.05, 3.63) is 28.6 Å². The van der Waals surface area contributed by atoms with Gasteiger partial charge in [0, 0.05) is 6.54 Å². The third-order valence-electron chi connectivity index (χ3n) is 2.51. The summed E-state index contributed by atoms with van der Waals surface area (Å²) < 4.78 is 6.46. The van der Waals surface area contributed by atoms with E-state index in [0.717, 1.165) is 0 Å². The van der Waals surface area contributed by atoms with Gasteiger partial charge in [-0.25, -0.2) is 4.68 Å². The van der Waals surface area contributed by atoms with Crippen molar-refractivity contribution in [2.45, 2.75) is 13.0 Å². The molecule has 0 fully saturated rings. The zero-order chi connectivity index (χ0) is 12.3. The smallest absolute Gasteiger partial charge is 0.277 e. The SMILES string of the molecule is COc1cccc2c(=O)n(CCCN)nnc12. The van der Waals surface area contributed by atoms with Gasteiger partial charge in [0.25, 0.3) is 5.56 Å². The van der Waals surface area contributed by atoms with Gasteiger partial charge in [0.2, 0.25) is 0 Å². The second kappa shape index (κ2) is 4.92. The number of rotatable bonds is 4. The lowest BCUT2D eigenvalue weighted by Crippen LogP contribution is -2.25. The number of ether oxygens (including phenoxy) is 1. The van der Waals surface area contributed by atoms with Crippen LogP contribution in [0.5, 0.6) is 5.75 Å². The largest absolute Gasteiger partial charge is 0.494 e. The average molecular weight is 234 g/mol. The molecule has 17 heavy (non-hydrogen) atoms. The molecule has 0 saturated heterocycles. The molecule has 0 amide bonds. The minimum absolute atomic E-state index is 0.164. The van der Waals surface area contributed by atoms with Crippen molar-refractivity contribution in [2.24, 2.45) is 5.73 Å². The van der Waals surface area contributed by atoms with Crippen molar-refractivity contribution in [1.82, 2.24) is 15.0 Å². The van der Waals surface area contributed by atoms with Crippen LogP contribution < -0.4 is 16.0 Å². The van der Waals surface area contributed by atoms with E-state index in [-0.39, 0.29) is 5.56 Å². The van der Waals surface area contributed by atoms with Gasteiger partial charge in [-0.3, -0.25) is 4.79 Å². The molecule has 0 bridgehead atoms. The first-order chi connectivity index (χ1) is 8.27. The molecular weight excluding hydrogens is 220 g/mol. The molecule has 0 aliphatic heterocycles. The first-order valence-electron chi connectivity index (χ1n) is 5.38. The molecule has 90 valence electrons. The Morgan fingerprint density at radius 1 is 1.47 bits per heavy atom. The van der Waals surface area contributed by atoms with Crippen LogP contribution in [0.2, 0.25) is 0 Å². The Hall–Kier alpha value is -1.95. The standard InChI is InChI=1S/C11H14N4O2/c1-17-9-5-2-4-8-10(9)13-14-15(11(8)16)7-3-6-12/h2,4-5H,3,6-7,12H2,1H3. The molecule has 6 nitrogen and oxygen atoms in total. The number of aromatic nitrogens is 3. The van der Waals surface area contributed by atoms with Crippen molar-refractivity contribution in [2.75, 3.05) is 13.7 Å². The Kier molecular flexibility index (Phi) is 3.34. The maximum absolute atomic E-state index is 12.1. The summed E-state index contributed by atoms with van der Waals surface area (Å²) >= 11 is 0. The lowest BCUT2D eigenvalue weighted by atomic mass is 10.2. The lowest BCUT2D eigenvalue weighted by Gasteiger charge is -2.06. The molecule has 0 radical (unpaired) electrons. The summed E-state index contributed by atoms with van der Waals surface area (Å²) in [5.41, 5.74) is 5.73. The van der Waals surface area contributed by atoms with Gasteiger partial charge in [-0.05, 0) is 25.1 Å². The number of fused-ring (bicyclic) bond motifs is 1. The van der Waals surface area contributed by atoms with Gasteiger partial charge < -0.3 is 10.5 Å². The molecule has 1 aromatic carbocycles. The Balaban J connectivity index is 2.56. The number of hydrogen-bond donors (Lipinski definition) is 1. The van der Waals surface area contributed by atoms with E-state index in [9.17, 15) is 4.79 Å². The van der Waals surface area contributed by atoms with E-state index in [4.69, 9.17) is 10.5 Å². The van der Waals surface area contributed by atoms with Gasteiger partial charge in [-0.1, -0.05) is 11.3 Å². The van der Waals surface area contributed by atoms with Gasteiger partial charge in [0.1, 0.15) is 11.3 Å². The number of benzene rings is 1. The van der Waals surface area contributed by atoms with Crippen LogP contribution in [0.4, 0.5) is 0 Å². The molecular formula is C11H14N4O2. The molecule has 0 spiro atoms. The van der Waals surface area contributed by atoms with Crippen LogP contribution in [0.3, 0.4) is 0 Å². The predicted octanol–water partition coefficient (Wildman–Crippen LogP) is 0.149. The molecule has 0 aliphatic carbocycles. The van der Waals surface area contributed by atoms with Crippen LogP contribution in [-0.4, -0.2) is 28.6 Å². The van der Waals surface area contributed by atoms with Crippen molar-refractivity contribution < 1.29 is 4.74 Å². The number of aryl methyl sites for hydroxylation is 1. The first-order valence-corrected chi connectivity index (χ1v) is 5.38. The fourth-order valence-corrected chi connectivity index (χ4v) is 1.63. The predicted molar refractivity (Wildman–Crippen MR) is 64.0 cm³/mol. The van der Waals surface area contributed by atoms with E-state index in [1.54, 1.807) is 18.2 Å². The van der Waals surface area contributed by atoms with E-state index in [2.05, 4.69) is 10.3 Å². The molecule has 2 rings (SSSR count). The van der Waals surface area contributed by atoms with Gasteiger partial charge in [-0.2, -0.15) is 0 Å². The summed E-state index contributed by atoms with van der Waals surface area (Å²) in [5, 5.41) is 8.39. The van der Waals surface area contributed by atoms with Crippen LogP contribution in [0.25, 0.3) is 10.9 Å². The topological polar surface area (TPSA) is 83.0 Å². The highest BCUT2D eigenvalue weighted by atomic mass is 16.5. The summed E-state index contributed by atoms with van der Waals surface area (Å²) in [6, 6.07) is 5.23. The second-order valence-electron chi connectivity index (χ2n) is 3.62. The highest BCUT2D eigenvalue weighted by molar-refractivity contribution is 5.82. The lowest BCUT2D eigenvalue weighted by molar-refractivity contribution is 0.417. The Morgan fingerprint density at radius 3 is 3.00 bits per heavy atom. The van der Waals surface area contributed by atoms with Gasteiger partial charge in [0.05, 0.1) is 12.5 Å². The van der Waals surface area contributed by atoms with Crippen LogP contribution in [-0.2, 0) is 6.54 Å². The monoisotopic (exact) mass is 234 g/mol. The van der Waals surface area contributed by atoms with E-state index in [1.165, 1.54) is 11.8 Å². The van der Waals surface area contributed by atoms with Crippen LogP contribution >= 0.6 is 0 Å². The fourth-order valence-electron chi connectivity index (χ4n) is 1.63. The number of hydrogen-bond acceptors (Lipinski definition) is 5. The van der Waals surface area contributed by atoms with Gasteiger partial charge >= 0.3 is 0 Å². The maximum Gasteiger partial charge on any atom is 0.277 e. The molecule has 1 aromatic heterocycles. The molecule has 2 aromatic rings. The average Bonchev–Trinajstić information content (AvgIpc) is 2.37. The van der Waals surface area contributed by atoms with E-state index < -0.39 is 0 Å². The third kappa shape index (κ3) is 2.12.